The summed E-state index contributed by atoms with van der Waals surface area (Å²) in [5.74, 6) is 0. The van der Waals surface area contributed by atoms with Gasteiger partial charge in [0.2, 0.25) is 0 Å². The SMILES string of the molecule is O=S([O-])[O-].[Ir+3].[Rh+3].[c-]1ccccc1-c1ccccn1.[c-]1ccccc1-c1ccccn1.c1ccc(-c2ccccn2)nc1.c1ccc(-c2ccccn2)nc1.c1ccc(-c2ccccn2)nc1.c1ccc(-c2ccccn2)nc1. The molecule has 12 aromatic rings. The van der Waals surface area contributed by atoms with Crippen molar-refractivity contribution in [3.8, 4) is 68.1 Å². The zero-order valence-electron chi connectivity index (χ0n) is 41.5. The van der Waals surface area contributed by atoms with Crippen LogP contribution in [0.4, 0.5) is 0 Å². The smallest absolute Gasteiger partial charge is 0.784 e. The second kappa shape index (κ2) is 37.9. The molecule has 0 amide bonds. The molecule has 12 rings (SSSR count). The second-order valence-corrected chi connectivity index (χ2v) is 15.3. The molecule has 0 bridgehead atoms. The quantitative estimate of drug-likeness (QED) is 0.0868. The maximum Gasteiger partial charge on any atom is 3.00 e. The fourth-order valence-electron chi connectivity index (χ4n) is 6.26. The summed E-state index contributed by atoms with van der Waals surface area (Å²) in [4.78, 5) is 41.9. The Bertz CT molecular complexity index is 2550. The van der Waals surface area contributed by atoms with E-state index in [1.54, 1.807) is 62.0 Å². The number of benzene rings is 2. The van der Waals surface area contributed by atoms with Crippen LogP contribution in [0.5, 0.6) is 0 Å². The molecule has 0 aliphatic rings. The van der Waals surface area contributed by atoms with Gasteiger partial charge in [-0.1, -0.05) is 72.8 Å². The molecule has 13 nitrogen and oxygen atoms in total. The van der Waals surface area contributed by atoms with E-state index < -0.39 is 11.4 Å². The Kier molecular flexibility index (Phi) is 30.1. The summed E-state index contributed by atoms with van der Waals surface area (Å²) < 4.78 is 25.3. The Hall–Kier alpha value is -8.72. The van der Waals surface area contributed by atoms with E-state index in [4.69, 9.17) is 13.3 Å². The normalized spacial score (nSPS) is 9.37. The van der Waals surface area contributed by atoms with Gasteiger partial charge in [0.15, 0.2) is 0 Å². The van der Waals surface area contributed by atoms with Crippen molar-refractivity contribution in [1.82, 2.24) is 49.8 Å². The summed E-state index contributed by atoms with van der Waals surface area (Å²) >= 11 is -3.11. The first-order chi connectivity index (χ1) is 37.5. The number of hydrogen-bond acceptors (Lipinski definition) is 13. The van der Waals surface area contributed by atoms with Gasteiger partial charge in [-0.3, -0.25) is 44.1 Å². The molecule has 16 heteroatoms. The molecule has 386 valence electrons. The van der Waals surface area contributed by atoms with Crippen LogP contribution in [0.3, 0.4) is 0 Å². The topological polar surface area (TPSA) is 192 Å². The molecule has 0 fully saturated rings. The summed E-state index contributed by atoms with van der Waals surface area (Å²) in [6.07, 6.45) is 17.7. The fourth-order valence-corrected chi connectivity index (χ4v) is 6.26. The van der Waals surface area contributed by atoms with Crippen molar-refractivity contribution in [2.75, 3.05) is 0 Å². The molecule has 0 N–H and O–H groups in total. The molecule has 0 aliphatic carbocycles. The van der Waals surface area contributed by atoms with Crippen molar-refractivity contribution in [1.29, 1.82) is 0 Å². The van der Waals surface area contributed by atoms with E-state index in [1.807, 2.05) is 231 Å². The molecule has 2 aromatic carbocycles. The van der Waals surface area contributed by atoms with Crippen molar-refractivity contribution in [3.63, 3.8) is 0 Å². The minimum Gasteiger partial charge on any atom is -0.784 e. The van der Waals surface area contributed by atoms with E-state index in [0.29, 0.717) is 0 Å². The van der Waals surface area contributed by atoms with Gasteiger partial charge in [0.1, 0.15) is 0 Å². The molecule has 78 heavy (non-hydrogen) atoms. The zero-order valence-corrected chi connectivity index (χ0v) is 46.3. The van der Waals surface area contributed by atoms with E-state index in [2.05, 4.69) is 62.0 Å². The number of pyridine rings is 10. The third-order valence-corrected chi connectivity index (χ3v) is 9.67. The summed E-state index contributed by atoms with van der Waals surface area (Å²) in [6, 6.07) is 80.0. The van der Waals surface area contributed by atoms with Crippen LogP contribution in [-0.4, -0.2) is 63.2 Å². The molecule has 0 aliphatic heterocycles. The maximum absolute atomic E-state index is 8.44. The van der Waals surface area contributed by atoms with E-state index in [0.717, 1.165) is 68.1 Å². The van der Waals surface area contributed by atoms with Gasteiger partial charge < -0.3 is 19.1 Å². The van der Waals surface area contributed by atoms with E-state index >= 15 is 0 Å². The average Bonchev–Trinajstić information content (AvgIpc) is 3.52. The molecular formula is C62H48IrN10O3RhS+2. The molecule has 10 aromatic heterocycles. The van der Waals surface area contributed by atoms with Gasteiger partial charge in [-0.15, -0.1) is 83.2 Å². The number of hydrogen-bond donors (Lipinski definition) is 0. The van der Waals surface area contributed by atoms with Crippen molar-refractivity contribution < 1.29 is 52.9 Å². The van der Waals surface area contributed by atoms with Crippen LogP contribution in [0.1, 0.15) is 0 Å². The summed E-state index contributed by atoms with van der Waals surface area (Å²) in [5.41, 5.74) is 11.3. The predicted octanol–water partition coefficient (Wildman–Crippen LogP) is 12.7. The second-order valence-electron chi connectivity index (χ2n) is 14.9. The van der Waals surface area contributed by atoms with Gasteiger partial charge in [0, 0.05) is 62.0 Å². The van der Waals surface area contributed by atoms with Gasteiger partial charge in [-0.25, -0.2) is 0 Å². The largest absolute Gasteiger partial charge is 3.00 e. The maximum atomic E-state index is 8.44. The Morgan fingerprint density at radius 3 is 0.538 bits per heavy atom. The van der Waals surface area contributed by atoms with Crippen molar-refractivity contribution in [2.24, 2.45) is 0 Å². The Morgan fingerprint density at radius 2 is 0.410 bits per heavy atom. The van der Waals surface area contributed by atoms with Gasteiger partial charge in [0.05, 0.1) is 45.6 Å². The molecular weight excluding hydrogens is 1260 g/mol. The minimum atomic E-state index is -3.11. The van der Waals surface area contributed by atoms with Crippen LogP contribution in [0.25, 0.3) is 68.1 Å². The van der Waals surface area contributed by atoms with E-state index in [1.165, 1.54) is 0 Å². The van der Waals surface area contributed by atoms with Crippen LogP contribution in [-0.2, 0) is 50.9 Å². The van der Waals surface area contributed by atoms with Crippen LogP contribution in [0.2, 0.25) is 0 Å². The molecule has 0 saturated carbocycles. The van der Waals surface area contributed by atoms with Crippen molar-refractivity contribution >= 4 is 11.4 Å². The van der Waals surface area contributed by atoms with Crippen molar-refractivity contribution in [3.05, 3.63) is 305 Å². The first-order valence-electron chi connectivity index (χ1n) is 23.4. The van der Waals surface area contributed by atoms with Crippen LogP contribution < -0.4 is 0 Å². The number of rotatable bonds is 6. The molecule has 0 saturated heterocycles. The zero-order chi connectivity index (χ0) is 52.9. The minimum absolute atomic E-state index is 0. The van der Waals surface area contributed by atoms with Crippen molar-refractivity contribution in [2.45, 2.75) is 0 Å². The number of aromatic nitrogens is 10. The van der Waals surface area contributed by atoms with Gasteiger partial charge >= 0.3 is 39.6 Å². The van der Waals surface area contributed by atoms with E-state index in [9.17, 15) is 0 Å². The third-order valence-electron chi connectivity index (χ3n) is 9.67. The van der Waals surface area contributed by atoms with Gasteiger partial charge in [0.25, 0.3) is 0 Å². The monoisotopic (exact) mass is 1310 g/mol. The predicted molar refractivity (Wildman–Crippen MR) is 297 cm³/mol. The summed E-state index contributed by atoms with van der Waals surface area (Å²) in [7, 11) is 0. The van der Waals surface area contributed by atoms with Crippen LogP contribution >= 0.6 is 0 Å². The first-order valence-corrected chi connectivity index (χ1v) is 24.4. The average molecular weight is 1310 g/mol. The third kappa shape index (κ3) is 23.9. The van der Waals surface area contributed by atoms with Gasteiger partial charge in [-0.2, -0.15) is 0 Å². The molecule has 0 unspecified atom stereocenters. The molecule has 0 spiro atoms. The van der Waals surface area contributed by atoms with E-state index in [-0.39, 0.29) is 39.6 Å². The standard InChI is InChI=1S/2C11H8N.4C10H8N2.Ir.H2O3S.Rh/c2*1-2-6-10(7-3-1)11-8-4-5-9-12-11;4*1-3-7-11-9(5-1)10-6-2-4-8-12-10;;1-4(2)3;/h2*1-6,8-9H;4*1-8H;;(H2,1,2,3);/q2*-1;;;;;+3;;+3/p-2. The van der Waals surface area contributed by atoms with Crippen LogP contribution in [0.15, 0.2) is 292 Å². The number of nitrogens with zero attached hydrogens (tertiary/aromatic N) is 10. The fraction of sp³-hybridized carbons (Fsp3) is 0. The molecule has 0 atom stereocenters. The first kappa shape index (κ1) is 61.8. The summed E-state index contributed by atoms with van der Waals surface area (Å²) in [5, 5.41) is 0. The van der Waals surface area contributed by atoms with Gasteiger partial charge in [-0.05, 0) is 121 Å². The Morgan fingerprint density at radius 1 is 0.256 bits per heavy atom. The molecule has 0 radical (unpaired) electrons. The summed E-state index contributed by atoms with van der Waals surface area (Å²) in [6.45, 7) is 0. The Balaban J connectivity index is 0.000000198. The van der Waals surface area contributed by atoms with Crippen LogP contribution in [0, 0.1) is 12.1 Å². The Labute approximate surface area is 483 Å². The molecule has 10 heterocycles.